The third kappa shape index (κ3) is 2.53. The Morgan fingerprint density at radius 3 is 2.10 bits per heavy atom. The van der Waals surface area contributed by atoms with Crippen LogP contribution in [0.2, 0.25) is 0 Å². The fraction of sp³-hybridized carbons (Fsp3) is 0.409. The topological polar surface area (TPSA) is 115 Å². The number of carbonyl (C=O) groups is 1. The summed E-state index contributed by atoms with van der Waals surface area (Å²) in [6.45, 7) is -0.235. The molecule has 30 heavy (non-hydrogen) atoms. The van der Waals surface area contributed by atoms with Gasteiger partial charge >= 0.3 is 0 Å². The molecule has 2 aromatic carbocycles. The van der Waals surface area contributed by atoms with E-state index in [1.54, 1.807) is 6.07 Å². The number of aromatic hydroxyl groups is 2. The van der Waals surface area contributed by atoms with Crippen LogP contribution in [0.1, 0.15) is 33.0 Å². The van der Waals surface area contributed by atoms with Gasteiger partial charge in [-0.05, 0) is 24.1 Å². The summed E-state index contributed by atoms with van der Waals surface area (Å²) >= 11 is 0. The number of rotatable bonds is 5. The predicted molar refractivity (Wildman–Crippen MR) is 106 cm³/mol. The van der Waals surface area contributed by atoms with Crippen LogP contribution >= 0.6 is 0 Å². The second kappa shape index (κ2) is 7.28. The molecule has 0 spiro atoms. The molecule has 2 aromatic rings. The number of fused-ring (bicyclic) bond motifs is 6. The minimum atomic E-state index is -0.527. The van der Waals surface area contributed by atoms with E-state index in [1.165, 1.54) is 34.5 Å². The Labute approximate surface area is 173 Å². The molecule has 2 aliphatic carbocycles. The molecule has 8 heteroatoms. The highest BCUT2D eigenvalue weighted by atomic mass is 16.5. The molecule has 0 amide bonds. The molecule has 160 valence electrons. The van der Waals surface area contributed by atoms with Gasteiger partial charge in [-0.2, -0.15) is 0 Å². The van der Waals surface area contributed by atoms with Crippen molar-refractivity contribution in [2.75, 3.05) is 35.0 Å². The molecule has 4 rings (SSSR count). The first-order chi connectivity index (χ1) is 14.4. The summed E-state index contributed by atoms with van der Waals surface area (Å²) in [7, 11) is 5.68. The van der Waals surface area contributed by atoms with Gasteiger partial charge in [0, 0.05) is 41.1 Å². The van der Waals surface area contributed by atoms with Gasteiger partial charge in [0.15, 0.2) is 28.8 Å². The molecule has 0 aliphatic heterocycles. The maximum absolute atomic E-state index is 13.4. The van der Waals surface area contributed by atoms with E-state index in [0.29, 0.717) is 23.1 Å². The number of phenols is 2. The fourth-order valence-electron chi connectivity index (χ4n) is 4.98. The Bertz CT molecular complexity index is 1030. The van der Waals surface area contributed by atoms with Crippen molar-refractivity contribution >= 4 is 5.78 Å². The normalized spacial score (nSPS) is 21.5. The lowest BCUT2D eigenvalue weighted by atomic mass is 9.59. The highest BCUT2D eigenvalue weighted by molar-refractivity contribution is 6.03. The number of Topliss-reactive ketones (excluding diaryl/α,β-unsaturated/α-hetero) is 1. The molecular weight excluding hydrogens is 392 g/mol. The van der Waals surface area contributed by atoms with Crippen molar-refractivity contribution in [3.8, 4) is 34.5 Å². The van der Waals surface area contributed by atoms with E-state index < -0.39 is 17.8 Å². The van der Waals surface area contributed by atoms with E-state index in [4.69, 9.17) is 18.9 Å². The second-order valence-electron chi connectivity index (χ2n) is 7.45. The summed E-state index contributed by atoms with van der Waals surface area (Å²) in [5, 5.41) is 31.4. The summed E-state index contributed by atoms with van der Waals surface area (Å²) in [5.41, 5.74) is 2.28. The van der Waals surface area contributed by atoms with E-state index in [2.05, 4.69) is 0 Å². The Morgan fingerprint density at radius 2 is 1.53 bits per heavy atom. The quantitative estimate of drug-likeness (QED) is 0.680. The smallest absolute Gasteiger partial charge is 0.201 e. The van der Waals surface area contributed by atoms with Gasteiger partial charge in [-0.3, -0.25) is 4.79 Å². The average Bonchev–Trinajstić information content (AvgIpc) is 2.75. The van der Waals surface area contributed by atoms with Crippen molar-refractivity contribution in [3.05, 3.63) is 34.4 Å². The molecule has 0 saturated heterocycles. The summed E-state index contributed by atoms with van der Waals surface area (Å²) in [5.74, 6) is -1.26. The number of hydrogen-bond acceptors (Lipinski definition) is 8. The molecule has 2 bridgehead atoms. The summed E-state index contributed by atoms with van der Waals surface area (Å²) in [6, 6.07) is 3.21. The Hall–Kier alpha value is -3.13. The molecule has 8 nitrogen and oxygen atoms in total. The molecule has 3 N–H and O–H groups in total. The van der Waals surface area contributed by atoms with Gasteiger partial charge in [-0.15, -0.1) is 0 Å². The Balaban J connectivity index is 2.10. The van der Waals surface area contributed by atoms with Crippen molar-refractivity contribution in [2.45, 2.75) is 12.3 Å². The lowest BCUT2D eigenvalue weighted by Gasteiger charge is -2.44. The van der Waals surface area contributed by atoms with Gasteiger partial charge < -0.3 is 34.3 Å². The van der Waals surface area contributed by atoms with E-state index in [9.17, 15) is 20.1 Å². The first-order valence-corrected chi connectivity index (χ1v) is 9.52. The SMILES string of the molecule is COc1cc2c(c(OC)c1O)CC1C(=O)c3cc(OC)c(O)c(OC)c3C2C1CO. The van der Waals surface area contributed by atoms with Crippen LogP contribution in [-0.2, 0) is 6.42 Å². The van der Waals surface area contributed by atoms with Gasteiger partial charge in [0.25, 0.3) is 0 Å². The third-order valence-electron chi connectivity index (χ3n) is 6.29. The van der Waals surface area contributed by atoms with Crippen LogP contribution in [0, 0.1) is 11.8 Å². The fourth-order valence-corrected chi connectivity index (χ4v) is 4.98. The standard InChI is InChI=1S/C22H24O8/c1-27-14-6-9-11(21(29-3)19(14)25)5-10-13(8-23)16(9)17-12(18(10)24)7-15(28-2)20(26)22(17)30-4/h6-7,10,13,16,23,25-26H,5,8H2,1-4H3. The molecule has 3 atom stereocenters. The number of phenolic OH excluding ortho intramolecular Hbond substituents is 2. The molecule has 0 radical (unpaired) electrons. The van der Waals surface area contributed by atoms with Crippen molar-refractivity contribution < 1.29 is 39.1 Å². The zero-order chi connectivity index (χ0) is 21.7. The van der Waals surface area contributed by atoms with Gasteiger partial charge in [0.1, 0.15) is 0 Å². The molecule has 3 unspecified atom stereocenters. The van der Waals surface area contributed by atoms with Crippen LogP contribution in [0.15, 0.2) is 12.1 Å². The predicted octanol–water partition coefficient (Wildman–Crippen LogP) is 2.24. The van der Waals surface area contributed by atoms with E-state index in [0.717, 1.165) is 5.56 Å². The maximum Gasteiger partial charge on any atom is 0.201 e. The van der Waals surface area contributed by atoms with Crippen LogP contribution in [0.25, 0.3) is 0 Å². The Kier molecular flexibility index (Phi) is 4.89. The average molecular weight is 416 g/mol. The van der Waals surface area contributed by atoms with Crippen molar-refractivity contribution in [1.82, 2.24) is 0 Å². The van der Waals surface area contributed by atoms with Gasteiger partial charge in [-0.1, -0.05) is 0 Å². The van der Waals surface area contributed by atoms with E-state index >= 15 is 0 Å². The van der Waals surface area contributed by atoms with E-state index in [1.807, 2.05) is 0 Å². The van der Waals surface area contributed by atoms with E-state index in [-0.39, 0.29) is 46.9 Å². The van der Waals surface area contributed by atoms with Gasteiger partial charge in [-0.25, -0.2) is 0 Å². The number of ketones is 1. The number of carbonyl (C=O) groups excluding carboxylic acids is 1. The van der Waals surface area contributed by atoms with Crippen LogP contribution < -0.4 is 18.9 Å². The largest absolute Gasteiger partial charge is 0.502 e. The number of hydrogen-bond donors (Lipinski definition) is 3. The third-order valence-corrected chi connectivity index (χ3v) is 6.29. The van der Waals surface area contributed by atoms with Crippen LogP contribution in [0.4, 0.5) is 0 Å². The van der Waals surface area contributed by atoms with Crippen LogP contribution in [0.5, 0.6) is 34.5 Å². The molecule has 2 aliphatic rings. The Morgan fingerprint density at radius 1 is 0.933 bits per heavy atom. The first kappa shape index (κ1) is 20.2. The summed E-state index contributed by atoms with van der Waals surface area (Å²) in [4.78, 5) is 13.4. The summed E-state index contributed by atoms with van der Waals surface area (Å²) in [6.07, 6.45) is 0.293. The molecule has 0 aromatic heterocycles. The molecular formula is C22H24O8. The highest BCUT2D eigenvalue weighted by Gasteiger charge is 2.50. The lowest BCUT2D eigenvalue weighted by Crippen LogP contribution is -2.42. The van der Waals surface area contributed by atoms with Crippen LogP contribution in [-0.4, -0.2) is 56.1 Å². The first-order valence-electron chi connectivity index (χ1n) is 9.52. The number of methoxy groups -OCH3 is 4. The molecule has 0 fully saturated rings. The maximum atomic E-state index is 13.4. The highest BCUT2D eigenvalue weighted by Crippen LogP contribution is 2.58. The number of aliphatic hydroxyl groups excluding tert-OH is 1. The molecule has 0 saturated carbocycles. The van der Waals surface area contributed by atoms with Gasteiger partial charge in [0.05, 0.1) is 28.4 Å². The molecule has 0 heterocycles. The number of benzene rings is 2. The zero-order valence-corrected chi connectivity index (χ0v) is 17.2. The number of ether oxygens (including phenoxy) is 4. The second-order valence-corrected chi connectivity index (χ2v) is 7.45. The summed E-state index contributed by atoms with van der Waals surface area (Å²) < 4.78 is 21.5. The lowest BCUT2D eigenvalue weighted by molar-refractivity contribution is 0.0733. The zero-order valence-electron chi connectivity index (χ0n) is 17.2. The van der Waals surface area contributed by atoms with Crippen molar-refractivity contribution in [3.63, 3.8) is 0 Å². The van der Waals surface area contributed by atoms with Crippen molar-refractivity contribution in [2.24, 2.45) is 11.8 Å². The van der Waals surface area contributed by atoms with Gasteiger partial charge in [0.2, 0.25) is 11.5 Å². The van der Waals surface area contributed by atoms with Crippen molar-refractivity contribution in [1.29, 1.82) is 0 Å². The number of aliphatic hydroxyl groups is 1. The minimum Gasteiger partial charge on any atom is -0.502 e. The minimum absolute atomic E-state index is 0.124. The monoisotopic (exact) mass is 416 g/mol. The van der Waals surface area contributed by atoms with Crippen LogP contribution in [0.3, 0.4) is 0 Å².